The predicted octanol–water partition coefficient (Wildman–Crippen LogP) is 3.90. The Labute approximate surface area is 134 Å². The maximum absolute atomic E-state index is 12.0. The van der Waals surface area contributed by atoms with Crippen molar-refractivity contribution in [1.29, 1.82) is 0 Å². The highest BCUT2D eigenvalue weighted by Gasteiger charge is 2.32. The van der Waals surface area contributed by atoms with Crippen LogP contribution in [-0.2, 0) is 9.59 Å². The van der Waals surface area contributed by atoms with Crippen LogP contribution >= 0.6 is 11.8 Å². The first-order valence-corrected chi connectivity index (χ1v) is 7.95. The number of hydrogen-bond donors (Lipinski definition) is 1. The molecule has 0 aliphatic heterocycles. The van der Waals surface area contributed by atoms with E-state index >= 15 is 0 Å². The van der Waals surface area contributed by atoms with E-state index in [1.54, 1.807) is 0 Å². The van der Waals surface area contributed by atoms with Gasteiger partial charge in [-0.3, -0.25) is 9.59 Å². The Hall–Kier alpha value is -2.07. The number of benzene rings is 2. The molecule has 114 valence electrons. The summed E-state index contributed by atoms with van der Waals surface area (Å²) in [4.78, 5) is 24.9. The molecule has 0 amide bonds. The molecule has 0 fully saturated rings. The Bertz CT molecular complexity index is 656. The topological polar surface area (TPSA) is 60.2 Å². The summed E-state index contributed by atoms with van der Waals surface area (Å²) in [5.74, 6) is -0.918. The number of ketones is 2. The van der Waals surface area contributed by atoms with E-state index in [9.17, 15) is 9.59 Å². The summed E-state index contributed by atoms with van der Waals surface area (Å²) >= 11 is 1.47. The van der Waals surface area contributed by atoms with Gasteiger partial charge in [-0.15, -0.1) is 11.8 Å². The number of rotatable bonds is 6. The molecule has 0 aliphatic rings. The lowest BCUT2D eigenvalue weighted by atomic mass is 9.92. The third kappa shape index (κ3) is 3.77. The molecule has 0 bridgehead atoms. The second-order valence-corrected chi connectivity index (χ2v) is 6.37. The average Bonchev–Trinajstić information content (AvgIpc) is 2.49. The highest BCUT2D eigenvalue weighted by atomic mass is 32.2. The van der Waals surface area contributed by atoms with Gasteiger partial charge < -0.3 is 5.73 Å². The van der Waals surface area contributed by atoms with Crippen LogP contribution in [0.4, 0.5) is 5.69 Å². The molecule has 2 aromatic rings. The number of hydrogen-bond acceptors (Lipinski definition) is 4. The zero-order valence-corrected chi connectivity index (χ0v) is 13.5. The maximum atomic E-state index is 12.0. The van der Waals surface area contributed by atoms with Gasteiger partial charge in [-0.2, -0.15) is 0 Å². The van der Waals surface area contributed by atoms with E-state index in [2.05, 4.69) is 0 Å². The number of thioether (sulfide) groups is 1. The Morgan fingerprint density at radius 1 is 0.909 bits per heavy atom. The lowest BCUT2D eigenvalue weighted by Crippen LogP contribution is -2.25. The van der Waals surface area contributed by atoms with Crippen LogP contribution in [0.3, 0.4) is 0 Å². The van der Waals surface area contributed by atoms with Crippen molar-refractivity contribution in [2.75, 3.05) is 5.73 Å². The predicted molar refractivity (Wildman–Crippen MR) is 90.7 cm³/mol. The van der Waals surface area contributed by atoms with Crippen LogP contribution in [0.25, 0.3) is 0 Å². The second-order valence-electron chi connectivity index (χ2n) is 5.19. The number of nitrogens with two attached hydrogens (primary N) is 1. The molecule has 2 rings (SSSR count). The molecule has 3 nitrogen and oxygen atoms in total. The lowest BCUT2D eigenvalue weighted by Gasteiger charge is -2.24. The van der Waals surface area contributed by atoms with E-state index in [0.717, 1.165) is 10.5 Å². The van der Waals surface area contributed by atoms with E-state index in [1.165, 1.54) is 25.6 Å². The molecule has 1 unspecified atom stereocenters. The first-order chi connectivity index (χ1) is 10.5. The van der Waals surface area contributed by atoms with Gasteiger partial charge in [0.2, 0.25) is 0 Å². The minimum absolute atomic E-state index is 0.122. The molecule has 2 N–H and O–H groups in total. The summed E-state index contributed by atoms with van der Waals surface area (Å²) in [5, 5.41) is -0.277. The molecule has 0 spiro atoms. The third-order valence-corrected chi connectivity index (χ3v) is 4.90. The molecular weight excluding hydrogens is 294 g/mol. The SMILES string of the molecule is CC(=O)C(C(C)=O)C(Sc1ccccc1N)c1ccccc1. The van der Waals surface area contributed by atoms with Crippen LogP contribution in [0.5, 0.6) is 0 Å². The Balaban J connectivity index is 2.44. The van der Waals surface area contributed by atoms with E-state index in [0.29, 0.717) is 5.69 Å². The molecule has 1 atom stereocenters. The average molecular weight is 313 g/mol. The van der Waals surface area contributed by atoms with Crippen molar-refractivity contribution >= 4 is 29.0 Å². The molecule has 0 aliphatic carbocycles. The highest BCUT2D eigenvalue weighted by molar-refractivity contribution is 7.99. The molecule has 0 saturated heterocycles. The fourth-order valence-electron chi connectivity index (χ4n) is 2.41. The zero-order valence-electron chi connectivity index (χ0n) is 12.7. The van der Waals surface area contributed by atoms with Crippen molar-refractivity contribution in [3.05, 3.63) is 60.2 Å². The fourth-order valence-corrected chi connectivity index (χ4v) is 3.86. The second kappa shape index (κ2) is 7.27. The van der Waals surface area contributed by atoms with Gasteiger partial charge in [0.05, 0.1) is 11.2 Å². The van der Waals surface area contributed by atoms with Crippen LogP contribution in [-0.4, -0.2) is 11.6 Å². The number of para-hydroxylation sites is 1. The monoisotopic (exact) mass is 313 g/mol. The summed E-state index contributed by atoms with van der Waals surface area (Å²) in [6.07, 6.45) is 0. The van der Waals surface area contributed by atoms with E-state index in [1.807, 2.05) is 54.6 Å². The largest absolute Gasteiger partial charge is 0.398 e. The molecule has 4 heteroatoms. The van der Waals surface area contributed by atoms with Gasteiger partial charge >= 0.3 is 0 Å². The van der Waals surface area contributed by atoms with Gasteiger partial charge in [-0.1, -0.05) is 42.5 Å². The maximum Gasteiger partial charge on any atom is 0.141 e. The van der Waals surface area contributed by atoms with Gasteiger partial charge in [-0.25, -0.2) is 0 Å². The molecule has 0 aromatic heterocycles. The van der Waals surface area contributed by atoms with Crippen molar-refractivity contribution in [1.82, 2.24) is 0 Å². The van der Waals surface area contributed by atoms with E-state index < -0.39 is 5.92 Å². The van der Waals surface area contributed by atoms with Crippen molar-refractivity contribution < 1.29 is 9.59 Å². The Morgan fingerprint density at radius 2 is 1.45 bits per heavy atom. The number of carbonyl (C=O) groups is 2. The zero-order chi connectivity index (χ0) is 16.1. The van der Waals surface area contributed by atoms with Crippen LogP contribution in [0.2, 0.25) is 0 Å². The minimum Gasteiger partial charge on any atom is -0.398 e. The molecular formula is C18H19NO2S. The molecule has 0 radical (unpaired) electrons. The molecule has 22 heavy (non-hydrogen) atoms. The first kappa shape index (κ1) is 16.3. The quantitative estimate of drug-likeness (QED) is 0.499. The van der Waals surface area contributed by atoms with Crippen LogP contribution < -0.4 is 5.73 Å². The third-order valence-electron chi connectivity index (χ3n) is 3.48. The van der Waals surface area contributed by atoms with Crippen LogP contribution in [0.1, 0.15) is 24.7 Å². The normalized spacial score (nSPS) is 12.1. The summed E-state index contributed by atoms with van der Waals surface area (Å²) in [6.45, 7) is 2.94. The van der Waals surface area contributed by atoms with Gasteiger partial charge in [0, 0.05) is 10.6 Å². The standard InChI is InChI=1S/C18H19NO2S/c1-12(20)17(13(2)21)18(14-8-4-3-5-9-14)22-16-11-7-6-10-15(16)19/h3-11,17-18H,19H2,1-2H3. The molecule has 0 saturated carbocycles. The van der Waals surface area contributed by atoms with Crippen molar-refractivity contribution in [3.63, 3.8) is 0 Å². The van der Waals surface area contributed by atoms with Gasteiger partial charge in [0.15, 0.2) is 0 Å². The number of anilines is 1. The van der Waals surface area contributed by atoms with Crippen molar-refractivity contribution in [3.8, 4) is 0 Å². The van der Waals surface area contributed by atoms with E-state index in [4.69, 9.17) is 5.73 Å². The summed E-state index contributed by atoms with van der Waals surface area (Å²) in [7, 11) is 0. The van der Waals surface area contributed by atoms with Gasteiger partial charge in [-0.05, 0) is 31.5 Å². The molecule has 0 heterocycles. The fraction of sp³-hybridized carbons (Fsp3) is 0.222. The van der Waals surface area contributed by atoms with E-state index in [-0.39, 0.29) is 16.8 Å². The number of carbonyl (C=O) groups excluding carboxylic acids is 2. The summed E-state index contributed by atoms with van der Waals surface area (Å²) in [5.41, 5.74) is 7.61. The van der Waals surface area contributed by atoms with Gasteiger partial charge in [0.1, 0.15) is 11.6 Å². The molecule has 2 aromatic carbocycles. The highest BCUT2D eigenvalue weighted by Crippen LogP contribution is 2.43. The number of nitrogen functional groups attached to an aromatic ring is 1. The van der Waals surface area contributed by atoms with Crippen LogP contribution in [0.15, 0.2) is 59.5 Å². The van der Waals surface area contributed by atoms with Crippen LogP contribution in [0, 0.1) is 5.92 Å². The summed E-state index contributed by atoms with van der Waals surface area (Å²) in [6, 6.07) is 17.1. The van der Waals surface area contributed by atoms with Gasteiger partial charge in [0.25, 0.3) is 0 Å². The lowest BCUT2D eigenvalue weighted by molar-refractivity contribution is -0.130. The summed E-state index contributed by atoms with van der Waals surface area (Å²) < 4.78 is 0. The minimum atomic E-state index is -0.674. The smallest absolute Gasteiger partial charge is 0.141 e. The van der Waals surface area contributed by atoms with Crippen molar-refractivity contribution in [2.45, 2.75) is 24.0 Å². The Morgan fingerprint density at radius 3 is 2.00 bits per heavy atom. The first-order valence-electron chi connectivity index (χ1n) is 7.07. The number of Topliss-reactive ketones (excluding diaryl/α,β-unsaturated/α-hetero) is 2. The van der Waals surface area contributed by atoms with Crippen molar-refractivity contribution in [2.24, 2.45) is 5.92 Å². The Kier molecular flexibility index (Phi) is 5.39.